The molecule has 0 fully saturated rings. The lowest BCUT2D eigenvalue weighted by Crippen LogP contribution is -1.95. The van der Waals surface area contributed by atoms with Gasteiger partial charge in [0, 0.05) is 22.7 Å². The van der Waals surface area contributed by atoms with Crippen LogP contribution in [0, 0.1) is 6.92 Å². The van der Waals surface area contributed by atoms with Crippen LogP contribution in [0.5, 0.6) is 17.2 Å². The Bertz CT molecular complexity index is 1530. The maximum absolute atomic E-state index is 5.25. The molecule has 0 amide bonds. The molecule has 0 bridgehead atoms. The van der Waals surface area contributed by atoms with E-state index < -0.39 is 0 Å². The predicted molar refractivity (Wildman–Crippen MR) is 204 cm³/mol. The molecule has 6 nitrogen and oxygen atoms in total. The molecule has 0 saturated heterocycles. The van der Waals surface area contributed by atoms with Gasteiger partial charge in [0.15, 0.2) is 11.5 Å². The van der Waals surface area contributed by atoms with Crippen LogP contribution >= 0.6 is 0 Å². The van der Waals surface area contributed by atoms with Gasteiger partial charge in [-0.1, -0.05) is 82.3 Å². The lowest BCUT2D eigenvalue weighted by molar-refractivity contribution is 0.354. The molecule has 0 aliphatic heterocycles. The van der Waals surface area contributed by atoms with E-state index in [1.807, 2.05) is 48.5 Å². The minimum atomic E-state index is 0. The van der Waals surface area contributed by atoms with Crippen molar-refractivity contribution in [1.29, 1.82) is 0 Å². The van der Waals surface area contributed by atoms with Crippen LogP contribution in [0.15, 0.2) is 121 Å². The molecule has 0 aliphatic carbocycles. The van der Waals surface area contributed by atoms with Gasteiger partial charge in [-0.25, -0.2) is 0 Å². The molecule has 0 radical (unpaired) electrons. The van der Waals surface area contributed by atoms with Crippen LogP contribution in [-0.2, 0) is 0 Å². The van der Waals surface area contributed by atoms with Gasteiger partial charge in [-0.05, 0) is 115 Å². The minimum Gasteiger partial charge on any atom is -0.496 e. The zero-order valence-corrected chi connectivity index (χ0v) is 29.8. The van der Waals surface area contributed by atoms with E-state index >= 15 is 0 Å². The van der Waals surface area contributed by atoms with Crippen molar-refractivity contribution in [2.75, 3.05) is 32.0 Å². The van der Waals surface area contributed by atoms with Gasteiger partial charge in [-0.15, -0.1) is 0 Å². The number of hydrogen-bond donors (Lipinski definition) is 2. The van der Waals surface area contributed by atoms with Crippen molar-refractivity contribution < 1.29 is 19.7 Å². The van der Waals surface area contributed by atoms with Crippen LogP contribution in [0.3, 0.4) is 0 Å². The van der Waals surface area contributed by atoms with Crippen molar-refractivity contribution in [1.82, 2.24) is 0 Å². The van der Waals surface area contributed by atoms with E-state index in [2.05, 4.69) is 118 Å². The van der Waals surface area contributed by atoms with E-state index in [9.17, 15) is 0 Å². The molecule has 2 atom stereocenters. The van der Waals surface area contributed by atoms with Crippen LogP contribution in [0.2, 0.25) is 0 Å². The first-order chi connectivity index (χ1) is 22.8. The highest BCUT2D eigenvalue weighted by atomic mass is 16.5. The van der Waals surface area contributed by atoms with E-state index in [1.54, 1.807) is 21.3 Å². The second-order valence-electron chi connectivity index (χ2n) is 11.5. The Morgan fingerprint density at radius 1 is 0.479 bits per heavy atom. The maximum atomic E-state index is 5.25. The Labute approximate surface area is 288 Å². The number of methoxy groups -OCH3 is 3. The van der Waals surface area contributed by atoms with Crippen LogP contribution in [0.25, 0.3) is 0 Å². The number of benzene rings is 5. The summed E-state index contributed by atoms with van der Waals surface area (Å²) in [5, 5.41) is 6.73. The van der Waals surface area contributed by atoms with Crippen LogP contribution in [0.4, 0.5) is 22.7 Å². The van der Waals surface area contributed by atoms with Gasteiger partial charge in [0.25, 0.3) is 0 Å². The monoisotopic (exact) mass is 650 g/mol. The van der Waals surface area contributed by atoms with E-state index in [0.717, 1.165) is 46.4 Å². The van der Waals surface area contributed by atoms with Gasteiger partial charge in [-0.2, -0.15) is 0 Å². The first kappa shape index (κ1) is 39.2. The van der Waals surface area contributed by atoms with E-state index in [1.165, 1.54) is 23.1 Å². The van der Waals surface area contributed by atoms with Crippen molar-refractivity contribution in [3.05, 3.63) is 138 Å². The molecule has 5 rings (SSSR count). The fourth-order valence-electron chi connectivity index (χ4n) is 4.85. The van der Waals surface area contributed by atoms with Crippen molar-refractivity contribution in [2.24, 2.45) is 0 Å². The first-order valence-electron chi connectivity index (χ1n) is 16.4. The highest BCUT2D eigenvalue weighted by molar-refractivity contribution is 5.65. The first-order valence-corrected chi connectivity index (χ1v) is 16.4. The normalized spacial score (nSPS) is 11.2. The number of hydrogen-bond acceptors (Lipinski definition) is 5. The average molecular weight is 651 g/mol. The van der Waals surface area contributed by atoms with Crippen molar-refractivity contribution in [3.8, 4) is 17.2 Å². The maximum Gasteiger partial charge on any atom is 0.160 e. The van der Waals surface area contributed by atoms with Crippen LogP contribution in [-0.4, -0.2) is 26.8 Å². The van der Waals surface area contributed by atoms with Gasteiger partial charge >= 0.3 is 0 Å². The quantitative estimate of drug-likeness (QED) is 0.149. The Morgan fingerprint density at radius 3 is 1.23 bits per heavy atom. The summed E-state index contributed by atoms with van der Waals surface area (Å²) in [6.45, 7) is 10.9. The zero-order chi connectivity index (χ0) is 34.0. The molecule has 48 heavy (non-hydrogen) atoms. The minimum absolute atomic E-state index is 0. The third-order valence-corrected chi connectivity index (χ3v) is 8.20. The van der Waals surface area contributed by atoms with Crippen molar-refractivity contribution >= 4 is 22.7 Å². The molecule has 5 aromatic carbocycles. The van der Waals surface area contributed by atoms with Gasteiger partial charge in [-0.3, -0.25) is 0 Å². The summed E-state index contributed by atoms with van der Waals surface area (Å²) in [6, 6.07) is 41.1. The summed E-state index contributed by atoms with van der Waals surface area (Å²) in [5.74, 6) is 3.79. The second kappa shape index (κ2) is 21.0. The Morgan fingerprint density at radius 2 is 0.854 bits per heavy atom. The summed E-state index contributed by atoms with van der Waals surface area (Å²) >= 11 is 0. The fraction of sp³-hybridized carbons (Fsp3) is 0.286. The molecule has 6 heteroatoms. The van der Waals surface area contributed by atoms with E-state index in [4.69, 9.17) is 14.2 Å². The number of nitrogens with one attached hydrogen (secondary N) is 2. The summed E-state index contributed by atoms with van der Waals surface area (Å²) in [5.41, 5.74) is 8.27. The van der Waals surface area contributed by atoms with Gasteiger partial charge in [0.05, 0.1) is 21.3 Å². The number of rotatable bonds is 11. The number of ether oxygens (including phenoxy) is 3. The zero-order valence-electron chi connectivity index (χ0n) is 29.8. The SMILES string of the molecule is CCC(C)c1ccc(OC)c(C)c1.CCC(C)c1ccc(OC)c(OC)c1.O.c1ccc(Nc2ccc(Nc3ccccc3)cc2)cc1. The fourth-order valence-corrected chi connectivity index (χ4v) is 4.85. The average Bonchev–Trinajstić information content (AvgIpc) is 3.12. The summed E-state index contributed by atoms with van der Waals surface area (Å²) in [7, 11) is 5.03. The van der Waals surface area contributed by atoms with Gasteiger partial charge < -0.3 is 30.3 Å². The van der Waals surface area contributed by atoms with Gasteiger partial charge in [0.2, 0.25) is 0 Å². The second-order valence-corrected chi connectivity index (χ2v) is 11.5. The van der Waals surface area contributed by atoms with Crippen LogP contribution < -0.4 is 24.8 Å². The Balaban J connectivity index is 0.000000256. The molecular formula is C42H54N2O4. The van der Waals surface area contributed by atoms with Gasteiger partial charge in [0.1, 0.15) is 5.75 Å². The smallest absolute Gasteiger partial charge is 0.160 e. The lowest BCUT2D eigenvalue weighted by atomic mass is 9.97. The lowest BCUT2D eigenvalue weighted by Gasteiger charge is -2.13. The molecule has 0 aromatic heterocycles. The molecule has 4 N–H and O–H groups in total. The molecule has 0 heterocycles. The molecule has 0 spiro atoms. The highest BCUT2D eigenvalue weighted by Gasteiger charge is 2.08. The molecule has 0 aliphatic rings. The molecule has 5 aromatic rings. The molecule has 0 saturated carbocycles. The summed E-state index contributed by atoms with van der Waals surface area (Å²) in [4.78, 5) is 0. The summed E-state index contributed by atoms with van der Waals surface area (Å²) < 4.78 is 15.6. The summed E-state index contributed by atoms with van der Waals surface area (Å²) in [6.07, 6.45) is 2.32. The highest BCUT2D eigenvalue weighted by Crippen LogP contribution is 2.31. The topological polar surface area (TPSA) is 83.2 Å². The number of anilines is 4. The third-order valence-electron chi connectivity index (χ3n) is 8.20. The van der Waals surface area contributed by atoms with Crippen molar-refractivity contribution in [3.63, 3.8) is 0 Å². The van der Waals surface area contributed by atoms with E-state index in [-0.39, 0.29) is 5.48 Å². The number of aryl methyl sites for hydroxylation is 1. The largest absolute Gasteiger partial charge is 0.496 e. The third kappa shape index (κ3) is 12.3. The molecular weight excluding hydrogens is 596 g/mol. The molecule has 2 unspecified atom stereocenters. The Kier molecular flexibility index (Phi) is 17.2. The number of para-hydroxylation sites is 2. The van der Waals surface area contributed by atoms with Crippen LogP contribution in [0.1, 0.15) is 69.1 Å². The predicted octanol–water partition coefficient (Wildman–Crippen LogP) is 11.1. The Hall–Kier alpha value is -4.94. The van der Waals surface area contributed by atoms with E-state index in [0.29, 0.717) is 11.8 Å². The standard InChI is InChI=1S/C18H16N2.C12H18O2.C12H18O.H2O/c1-3-7-15(8-4-1)19-17-11-13-18(14-12-17)20-16-9-5-2-6-10-16;1-5-9(2)10-6-7-11(13-3)12(8-10)14-4;1-5-9(2)11-6-7-12(13-4)10(3)8-11;/h1-14,19-20H;6-9H,5H2,1-4H3;6-9H,5H2,1-4H3;1H2. The van der Waals surface area contributed by atoms with Crippen molar-refractivity contribution in [2.45, 2.75) is 59.3 Å². The molecule has 256 valence electrons.